The number of amides is 1. The molecule has 3 rings (SSSR count). The van der Waals surface area contributed by atoms with Crippen LogP contribution in [0.25, 0.3) is 5.69 Å². The van der Waals surface area contributed by atoms with Gasteiger partial charge in [-0.3, -0.25) is 4.79 Å². The van der Waals surface area contributed by atoms with Gasteiger partial charge in [-0.05, 0) is 24.5 Å². The predicted octanol–water partition coefficient (Wildman–Crippen LogP) is 1.68. The minimum Gasteiger partial charge on any atom is -0.338 e. The number of likely N-dealkylation sites (tertiary alicyclic amines) is 1. The molecule has 0 bridgehead atoms. The van der Waals surface area contributed by atoms with E-state index in [4.69, 9.17) is 5.73 Å². The van der Waals surface area contributed by atoms with Crippen LogP contribution in [0, 0.1) is 5.92 Å². The van der Waals surface area contributed by atoms with E-state index in [9.17, 15) is 4.79 Å². The van der Waals surface area contributed by atoms with Gasteiger partial charge < -0.3 is 10.6 Å². The van der Waals surface area contributed by atoms with Crippen LogP contribution >= 0.6 is 0 Å². The maximum absolute atomic E-state index is 12.5. The summed E-state index contributed by atoms with van der Waals surface area (Å²) in [5.74, 6) is 0.378. The zero-order valence-electron chi connectivity index (χ0n) is 12.1. The Balaban J connectivity index is 1.76. The van der Waals surface area contributed by atoms with Crippen molar-refractivity contribution in [1.29, 1.82) is 0 Å². The summed E-state index contributed by atoms with van der Waals surface area (Å²) in [6, 6.07) is 9.98. The highest BCUT2D eigenvalue weighted by molar-refractivity contribution is 5.93. The Morgan fingerprint density at radius 3 is 2.81 bits per heavy atom. The molecule has 5 heteroatoms. The van der Waals surface area contributed by atoms with Crippen molar-refractivity contribution in [1.82, 2.24) is 14.7 Å². The topological polar surface area (TPSA) is 64.2 Å². The van der Waals surface area contributed by atoms with Gasteiger partial charge in [-0.15, -0.1) is 0 Å². The zero-order chi connectivity index (χ0) is 14.8. The van der Waals surface area contributed by atoms with Gasteiger partial charge in [0.25, 0.3) is 5.91 Å². The van der Waals surface area contributed by atoms with Gasteiger partial charge in [0.1, 0.15) is 0 Å². The monoisotopic (exact) mass is 284 g/mol. The third kappa shape index (κ3) is 2.83. The molecule has 2 atom stereocenters. The molecule has 1 aromatic carbocycles. The summed E-state index contributed by atoms with van der Waals surface area (Å²) in [5.41, 5.74) is 7.58. The number of aromatic nitrogens is 2. The summed E-state index contributed by atoms with van der Waals surface area (Å²) >= 11 is 0. The van der Waals surface area contributed by atoms with E-state index >= 15 is 0 Å². The Labute approximate surface area is 124 Å². The highest BCUT2D eigenvalue weighted by atomic mass is 16.2. The molecule has 2 heterocycles. The van der Waals surface area contributed by atoms with Crippen molar-refractivity contribution in [2.75, 3.05) is 13.1 Å². The van der Waals surface area contributed by atoms with Crippen LogP contribution in [0.3, 0.4) is 0 Å². The second kappa shape index (κ2) is 5.69. The maximum Gasteiger partial charge on any atom is 0.257 e. The molecule has 1 fully saturated rings. The molecular weight excluding hydrogens is 264 g/mol. The van der Waals surface area contributed by atoms with E-state index in [0.29, 0.717) is 11.5 Å². The van der Waals surface area contributed by atoms with Crippen LogP contribution in [0.4, 0.5) is 0 Å². The molecule has 0 spiro atoms. The number of para-hydroxylation sites is 1. The smallest absolute Gasteiger partial charge is 0.257 e. The first-order valence-corrected chi connectivity index (χ1v) is 7.30. The second-order valence-electron chi connectivity index (χ2n) is 5.69. The van der Waals surface area contributed by atoms with E-state index in [-0.39, 0.29) is 11.9 Å². The standard InChI is InChI=1S/C16H20N4O/c1-12-10-19(8-7-15(12)17)16(21)13-9-18-20(11-13)14-5-3-2-4-6-14/h2-6,9,11-12,15H,7-8,10,17H2,1H3. The van der Waals surface area contributed by atoms with Crippen molar-refractivity contribution in [3.63, 3.8) is 0 Å². The number of nitrogens with two attached hydrogens (primary N) is 1. The van der Waals surface area contributed by atoms with Crippen LogP contribution in [0.1, 0.15) is 23.7 Å². The first-order chi connectivity index (χ1) is 10.1. The van der Waals surface area contributed by atoms with E-state index in [1.807, 2.05) is 35.2 Å². The van der Waals surface area contributed by atoms with Crippen molar-refractivity contribution in [3.8, 4) is 5.69 Å². The fraction of sp³-hybridized carbons (Fsp3) is 0.375. The van der Waals surface area contributed by atoms with Gasteiger partial charge in [0.15, 0.2) is 0 Å². The van der Waals surface area contributed by atoms with Crippen molar-refractivity contribution >= 4 is 5.91 Å². The molecule has 5 nitrogen and oxygen atoms in total. The van der Waals surface area contributed by atoms with Crippen LogP contribution in [0.2, 0.25) is 0 Å². The minimum atomic E-state index is 0.0379. The number of carbonyl (C=O) groups excluding carboxylic acids is 1. The van der Waals surface area contributed by atoms with E-state index in [1.165, 1.54) is 0 Å². The Hall–Kier alpha value is -2.14. The molecule has 1 aliphatic rings. The van der Waals surface area contributed by atoms with Gasteiger partial charge in [-0.2, -0.15) is 5.10 Å². The summed E-state index contributed by atoms with van der Waals surface area (Å²) < 4.78 is 1.73. The summed E-state index contributed by atoms with van der Waals surface area (Å²) in [5, 5.41) is 4.28. The second-order valence-corrected chi connectivity index (χ2v) is 5.69. The molecule has 0 aliphatic carbocycles. The van der Waals surface area contributed by atoms with Crippen LogP contribution in [-0.2, 0) is 0 Å². The van der Waals surface area contributed by atoms with Gasteiger partial charge in [0.2, 0.25) is 0 Å². The summed E-state index contributed by atoms with van der Waals surface area (Å²) in [4.78, 5) is 14.4. The Bertz CT molecular complexity index is 622. The fourth-order valence-electron chi connectivity index (χ4n) is 2.69. The van der Waals surface area contributed by atoms with Gasteiger partial charge in [0, 0.05) is 25.3 Å². The average molecular weight is 284 g/mol. The molecule has 2 aromatic rings. The molecule has 110 valence electrons. The fourth-order valence-corrected chi connectivity index (χ4v) is 2.69. The molecule has 0 saturated carbocycles. The average Bonchev–Trinajstić information content (AvgIpc) is 3.00. The number of hydrogen-bond donors (Lipinski definition) is 1. The van der Waals surface area contributed by atoms with E-state index < -0.39 is 0 Å². The van der Waals surface area contributed by atoms with Crippen LogP contribution in [-0.4, -0.2) is 39.7 Å². The SMILES string of the molecule is CC1CN(C(=O)c2cnn(-c3ccccc3)c2)CCC1N. The summed E-state index contributed by atoms with van der Waals surface area (Å²) in [6.45, 7) is 3.54. The molecule has 2 N–H and O–H groups in total. The molecule has 2 unspecified atom stereocenters. The molecule has 1 aromatic heterocycles. The predicted molar refractivity (Wildman–Crippen MR) is 81.2 cm³/mol. The van der Waals surface area contributed by atoms with Crippen molar-refractivity contribution in [2.45, 2.75) is 19.4 Å². The number of carbonyl (C=O) groups is 1. The Morgan fingerprint density at radius 2 is 2.10 bits per heavy atom. The lowest BCUT2D eigenvalue weighted by molar-refractivity contribution is 0.0664. The lowest BCUT2D eigenvalue weighted by Crippen LogP contribution is -2.48. The number of hydrogen-bond acceptors (Lipinski definition) is 3. The first kappa shape index (κ1) is 13.8. The minimum absolute atomic E-state index is 0.0379. The van der Waals surface area contributed by atoms with Crippen molar-refractivity contribution in [2.24, 2.45) is 11.7 Å². The van der Waals surface area contributed by atoms with Crippen molar-refractivity contribution < 1.29 is 4.79 Å². The maximum atomic E-state index is 12.5. The third-order valence-electron chi connectivity index (χ3n) is 4.11. The summed E-state index contributed by atoms with van der Waals surface area (Å²) in [6.07, 6.45) is 4.28. The largest absolute Gasteiger partial charge is 0.338 e. The first-order valence-electron chi connectivity index (χ1n) is 7.30. The molecular formula is C16H20N4O. The Kier molecular flexibility index (Phi) is 3.75. The Morgan fingerprint density at radius 1 is 1.33 bits per heavy atom. The highest BCUT2D eigenvalue weighted by Gasteiger charge is 2.27. The van der Waals surface area contributed by atoms with Crippen LogP contribution in [0.5, 0.6) is 0 Å². The number of nitrogens with zero attached hydrogens (tertiary/aromatic N) is 3. The normalized spacial score (nSPS) is 22.3. The van der Waals surface area contributed by atoms with Gasteiger partial charge in [-0.1, -0.05) is 25.1 Å². The van der Waals surface area contributed by atoms with E-state index in [1.54, 1.807) is 17.1 Å². The number of rotatable bonds is 2. The van der Waals surface area contributed by atoms with E-state index in [0.717, 1.165) is 25.2 Å². The van der Waals surface area contributed by atoms with Crippen LogP contribution in [0.15, 0.2) is 42.7 Å². The summed E-state index contributed by atoms with van der Waals surface area (Å²) in [7, 11) is 0. The lowest BCUT2D eigenvalue weighted by atomic mass is 9.94. The molecule has 1 amide bonds. The third-order valence-corrected chi connectivity index (χ3v) is 4.11. The van der Waals surface area contributed by atoms with Gasteiger partial charge >= 0.3 is 0 Å². The molecule has 1 aliphatic heterocycles. The lowest BCUT2D eigenvalue weighted by Gasteiger charge is -2.34. The quantitative estimate of drug-likeness (QED) is 0.912. The van der Waals surface area contributed by atoms with Crippen LogP contribution < -0.4 is 5.73 Å². The number of benzene rings is 1. The van der Waals surface area contributed by atoms with E-state index in [2.05, 4.69) is 12.0 Å². The highest BCUT2D eigenvalue weighted by Crippen LogP contribution is 2.18. The van der Waals surface area contributed by atoms with Crippen molar-refractivity contribution in [3.05, 3.63) is 48.3 Å². The molecule has 0 radical (unpaired) electrons. The van der Waals surface area contributed by atoms with Gasteiger partial charge in [0.05, 0.1) is 17.4 Å². The zero-order valence-corrected chi connectivity index (χ0v) is 12.1. The van der Waals surface area contributed by atoms with Gasteiger partial charge in [-0.25, -0.2) is 4.68 Å². The molecule has 21 heavy (non-hydrogen) atoms. The molecule has 1 saturated heterocycles. The number of piperidine rings is 1.